The molecule has 2 aromatic heterocycles. The third kappa shape index (κ3) is 3.23. The molecule has 4 rings (SSSR count). The second kappa shape index (κ2) is 7.25. The monoisotopic (exact) mass is 395 g/mol. The van der Waals surface area contributed by atoms with Crippen molar-refractivity contribution >= 4 is 22.8 Å². The van der Waals surface area contributed by atoms with Gasteiger partial charge in [0.05, 0.1) is 23.5 Å². The summed E-state index contributed by atoms with van der Waals surface area (Å²) in [5.74, 6) is -1.28. The maximum Gasteiger partial charge on any atom is 0.313 e. The molecule has 1 fully saturated rings. The molecule has 1 aliphatic heterocycles. The van der Waals surface area contributed by atoms with Gasteiger partial charge in [-0.25, -0.2) is 4.68 Å². The second-order valence-electron chi connectivity index (χ2n) is 7.31. The van der Waals surface area contributed by atoms with Gasteiger partial charge in [0.2, 0.25) is 0 Å². The standard InChI is InChI=1S/C20H21N5O4/c1-13-17(18(26)24-9-7-20(11-24,12-29-2)19(27)28)22-23-25(13)15-5-6-16-14(10-15)4-3-8-21-16/h3-6,8,10H,7,9,11-12H2,1-2H3,(H,27,28). The van der Waals surface area contributed by atoms with Gasteiger partial charge in [-0.2, -0.15) is 0 Å². The molecule has 1 aliphatic rings. The molecular weight excluding hydrogens is 374 g/mol. The number of fused-ring (bicyclic) bond motifs is 1. The topological polar surface area (TPSA) is 110 Å². The average Bonchev–Trinajstić information content (AvgIpc) is 3.32. The van der Waals surface area contributed by atoms with Crippen molar-refractivity contribution in [3.8, 4) is 5.69 Å². The van der Waals surface area contributed by atoms with Gasteiger partial charge in [-0.05, 0) is 37.6 Å². The molecule has 1 N–H and O–H groups in total. The number of rotatable bonds is 5. The molecule has 3 heterocycles. The smallest absolute Gasteiger partial charge is 0.313 e. The molecule has 0 aliphatic carbocycles. The highest BCUT2D eigenvalue weighted by atomic mass is 16.5. The van der Waals surface area contributed by atoms with Crippen LogP contribution in [0.4, 0.5) is 0 Å². The Kier molecular flexibility index (Phi) is 4.75. The number of methoxy groups -OCH3 is 1. The molecule has 1 atom stereocenters. The molecule has 0 saturated carbocycles. The Morgan fingerprint density at radius 3 is 2.90 bits per heavy atom. The Morgan fingerprint density at radius 2 is 2.14 bits per heavy atom. The van der Waals surface area contributed by atoms with Crippen LogP contribution >= 0.6 is 0 Å². The van der Waals surface area contributed by atoms with Crippen LogP contribution in [-0.2, 0) is 9.53 Å². The number of nitrogens with zero attached hydrogens (tertiary/aromatic N) is 5. The first-order valence-electron chi connectivity index (χ1n) is 9.24. The summed E-state index contributed by atoms with van der Waals surface area (Å²) >= 11 is 0. The third-order valence-corrected chi connectivity index (χ3v) is 5.44. The number of carboxylic acid groups (broad SMARTS) is 1. The molecule has 0 radical (unpaired) electrons. The normalized spacial score (nSPS) is 19.0. The van der Waals surface area contributed by atoms with Crippen LogP contribution in [0.15, 0.2) is 36.5 Å². The molecular formula is C20H21N5O4. The first kappa shape index (κ1) is 19.0. The largest absolute Gasteiger partial charge is 0.481 e. The third-order valence-electron chi connectivity index (χ3n) is 5.44. The quantitative estimate of drug-likeness (QED) is 0.700. The molecule has 1 amide bonds. The zero-order chi connectivity index (χ0) is 20.6. The fraction of sp³-hybridized carbons (Fsp3) is 0.350. The van der Waals surface area contributed by atoms with Gasteiger partial charge in [-0.1, -0.05) is 11.3 Å². The van der Waals surface area contributed by atoms with Gasteiger partial charge in [0.25, 0.3) is 5.91 Å². The van der Waals surface area contributed by atoms with E-state index in [4.69, 9.17) is 4.74 Å². The summed E-state index contributed by atoms with van der Waals surface area (Å²) in [4.78, 5) is 30.5. The van der Waals surface area contributed by atoms with E-state index in [1.807, 2.05) is 30.3 Å². The van der Waals surface area contributed by atoms with Crippen LogP contribution in [0.2, 0.25) is 0 Å². The van der Waals surface area contributed by atoms with E-state index in [1.54, 1.807) is 17.8 Å². The highest BCUT2D eigenvalue weighted by Gasteiger charge is 2.47. The Morgan fingerprint density at radius 1 is 1.31 bits per heavy atom. The molecule has 1 saturated heterocycles. The molecule has 0 bridgehead atoms. The van der Waals surface area contributed by atoms with Gasteiger partial charge < -0.3 is 14.7 Å². The lowest BCUT2D eigenvalue weighted by Crippen LogP contribution is -2.40. The lowest BCUT2D eigenvalue weighted by molar-refractivity contribution is -0.151. The number of hydrogen-bond donors (Lipinski definition) is 1. The van der Waals surface area contributed by atoms with Gasteiger partial charge in [-0.15, -0.1) is 5.10 Å². The number of carboxylic acids is 1. The highest BCUT2D eigenvalue weighted by Crippen LogP contribution is 2.32. The molecule has 9 nitrogen and oxygen atoms in total. The van der Waals surface area contributed by atoms with Crippen molar-refractivity contribution in [3.05, 3.63) is 47.9 Å². The van der Waals surface area contributed by atoms with Gasteiger partial charge in [0.15, 0.2) is 5.69 Å². The van der Waals surface area contributed by atoms with Crippen LogP contribution in [0.1, 0.15) is 22.6 Å². The predicted molar refractivity (Wildman–Crippen MR) is 104 cm³/mol. The molecule has 1 unspecified atom stereocenters. The number of hydrogen-bond acceptors (Lipinski definition) is 6. The van der Waals surface area contributed by atoms with Crippen molar-refractivity contribution in [2.45, 2.75) is 13.3 Å². The fourth-order valence-electron chi connectivity index (χ4n) is 3.79. The maximum atomic E-state index is 13.0. The lowest BCUT2D eigenvalue weighted by Gasteiger charge is -2.23. The number of amides is 1. The summed E-state index contributed by atoms with van der Waals surface area (Å²) in [6.45, 7) is 2.25. The average molecular weight is 395 g/mol. The highest BCUT2D eigenvalue weighted by molar-refractivity contribution is 5.94. The van der Waals surface area contributed by atoms with Gasteiger partial charge in [0, 0.05) is 31.8 Å². The SMILES string of the molecule is COCC1(C(=O)O)CCN(C(=O)c2nnn(-c3ccc4ncccc4c3)c2C)C1. The van der Waals surface area contributed by atoms with E-state index in [2.05, 4.69) is 15.3 Å². The number of likely N-dealkylation sites (tertiary alicyclic amines) is 1. The summed E-state index contributed by atoms with van der Waals surface area (Å²) < 4.78 is 6.70. The summed E-state index contributed by atoms with van der Waals surface area (Å²) in [6.07, 6.45) is 2.07. The van der Waals surface area contributed by atoms with Crippen LogP contribution in [-0.4, -0.2) is 68.7 Å². The number of ether oxygens (including phenoxy) is 1. The van der Waals surface area contributed by atoms with Crippen molar-refractivity contribution in [1.82, 2.24) is 24.9 Å². The van der Waals surface area contributed by atoms with E-state index in [0.717, 1.165) is 16.6 Å². The van der Waals surface area contributed by atoms with Crippen molar-refractivity contribution in [2.24, 2.45) is 5.41 Å². The van der Waals surface area contributed by atoms with Crippen LogP contribution in [0.5, 0.6) is 0 Å². The summed E-state index contributed by atoms with van der Waals surface area (Å²) in [7, 11) is 1.46. The molecule has 3 aromatic rings. The molecule has 1 aromatic carbocycles. The number of pyridine rings is 1. The number of benzene rings is 1. The molecule has 29 heavy (non-hydrogen) atoms. The van der Waals surface area contributed by atoms with Crippen LogP contribution in [0.25, 0.3) is 16.6 Å². The van der Waals surface area contributed by atoms with Crippen LogP contribution in [0.3, 0.4) is 0 Å². The van der Waals surface area contributed by atoms with Crippen molar-refractivity contribution in [3.63, 3.8) is 0 Å². The number of carbonyl (C=O) groups is 2. The molecule has 9 heteroatoms. The van der Waals surface area contributed by atoms with Crippen molar-refractivity contribution in [1.29, 1.82) is 0 Å². The van der Waals surface area contributed by atoms with Gasteiger partial charge in [-0.3, -0.25) is 14.6 Å². The van der Waals surface area contributed by atoms with E-state index >= 15 is 0 Å². The van der Waals surface area contributed by atoms with Crippen LogP contribution < -0.4 is 0 Å². The van der Waals surface area contributed by atoms with Crippen molar-refractivity contribution < 1.29 is 19.4 Å². The van der Waals surface area contributed by atoms with Crippen molar-refractivity contribution in [2.75, 3.05) is 26.8 Å². The number of aromatic nitrogens is 4. The van der Waals surface area contributed by atoms with E-state index in [9.17, 15) is 14.7 Å². The maximum absolute atomic E-state index is 13.0. The minimum atomic E-state index is -1.08. The van der Waals surface area contributed by atoms with E-state index in [0.29, 0.717) is 18.7 Å². The Hall–Kier alpha value is -3.33. The minimum Gasteiger partial charge on any atom is -0.481 e. The summed E-state index contributed by atoms with van der Waals surface area (Å²) in [5, 5.41) is 18.8. The van der Waals surface area contributed by atoms with Crippen LogP contribution in [0, 0.1) is 12.3 Å². The number of aliphatic carboxylic acids is 1. The zero-order valence-corrected chi connectivity index (χ0v) is 16.2. The zero-order valence-electron chi connectivity index (χ0n) is 16.2. The van der Waals surface area contributed by atoms with E-state index in [-0.39, 0.29) is 24.8 Å². The first-order chi connectivity index (χ1) is 13.9. The summed E-state index contributed by atoms with van der Waals surface area (Å²) in [6, 6.07) is 9.50. The minimum absolute atomic E-state index is 0.0584. The van der Waals surface area contributed by atoms with Gasteiger partial charge in [0.1, 0.15) is 5.41 Å². The Labute approximate surface area is 166 Å². The first-order valence-corrected chi connectivity index (χ1v) is 9.24. The fourth-order valence-corrected chi connectivity index (χ4v) is 3.79. The Bertz CT molecular complexity index is 1100. The van der Waals surface area contributed by atoms with E-state index < -0.39 is 11.4 Å². The second-order valence-corrected chi connectivity index (χ2v) is 7.31. The van der Waals surface area contributed by atoms with Gasteiger partial charge >= 0.3 is 5.97 Å². The lowest BCUT2D eigenvalue weighted by atomic mass is 9.88. The summed E-state index contributed by atoms with van der Waals surface area (Å²) in [5.41, 5.74) is 1.37. The Balaban J connectivity index is 1.61. The molecule has 150 valence electrons. The molecule has 0 spiro atoms. The van der Waals surface area contributed by atoms with E-state index in [1.165, 1.54) is 12.0 Å². The predicted octanol–water partition coefficient (Wildman–Crippen LogP) is 1.69. The number of carbonyl (C=O) groups excluding carboxylic acids is 1.